The summed E-state index contributed by atoms with van der Waals surface area (Å²) in [5.74, 6) is 2.15. The van der Waals surface area contributed by atoms with Crippen molar-refractivity contribution in [1.82, 2.24) is 5.43 Å². The third-order valence-corrected chi connectivity index (χ3v) is 4.49. The Kier molecular flexibility index (Phi) is 5.05. The predicted molar refractivity (Wildman–Crippen MR) is 100.0 cm³/mol. The number of rotatable bonds is 4. The maximum absolute atomic E-state index is 5.35. The summed E-state index contributed by atoms with van der Waals surface area (Å²) in [5.41, 5.74) is 7.11. The quantitative estimate of drug-likeness (QED) is 0.920. The Hall–Kier alpha value is -2.47. The molecule has 2 aromatic carbocycles. The fraction of sp³-hybridized carbons (Fsp3) is 0.222. The summed E-state index contributed by atoms with van der Waals surface area (Å²) in [4.78, 5) is 4.57. The lowest BCUT2D eigenvalue weighted by molar-refractivity contribution is 0.355. The molecular weight excluding hydrogens is 322 g/mol. The third kappa shape index (κ3) is 3.71. The minimum atomic E-state index is 0.696. The van der Waals surface area contributed by atoms with Crippen LogP contribution in [-0.2, 0) is 0 Å². The molecular formula is C18H19N3O2S. The van der Waals surface area contributed by atoms with Crippen molar-refractivity contribution in [3.8, 4) is 11.5 Å². The molecule has 24 heavy (non-hydrogen) atoms. The number of amidine groups is 1. The molecule has 0 radical (unpaired) electrons. The zero-order valence-corrected chi connectivity index (χ0v) is 14.7. The predicted octanol–water partition coefficient (Wildman–Crippen LogP) is 3.74. The van der Waals surface area contributed by atoms with Crippen LogP contribution in [0.15, 0.2) is 52.6 Å². The van der Waals surface area contributed by atoms with Gasteiger partial charge < -0.3 is 9.47 Å². The number of nitrogens with one attached hydrogen (secondary N) is 1. The topological polar surface area (TPSA) is 55.2 Å². The van der Waals surface area contributed by atoms with E-state index in [1.54, 1.807) is 26.0 Å². The van der Waals surface area contributed by atoms with Crippen LogP contribution in [0.2, 0.25) is 0 Å². The average molecular weight is 341 g/mol. The summed E-state index contributed by atoms with van der Waals surface area (Å²) in [6.07, 6.45) is 0. The number of ether oxygens (including phenoxy) is 2. The van der Waals surface area contributed by atoms with Gasteiger partial charge >= 0.3 is 0 Å². The maximum atomic E-state index is 5.35. The fourth-order valence-corrected chi connectivity index (χ4v) is 3.06. The highest BCUT2D eigenvalue weighted by Gasteiger charge is 2.15. The van der Waals surface area contributed by atoms with Crippen LogP contribution in [0.5, 0.6) is 11.5 Å². The second-order valence-electron chi connectivity index (χ2n) is 5.28. The summed E-state index contributed by atoms with van der Waals surface area (Å²) in [7, 11) is 3.25. The van der Waals surface area contributed by atoms with Gasteiger partial charge in [-0.25, -0.2) is 4.99 Å². The molecule has 1 aliphatic heterocycles. The van der Waals surface area contributed by atoms with Crippen LogP contribution >= 0.6 is 11.8 Å². The molecule has 0 aliphatic carbocycles. The van der Waals surface area contributed by atoms with Crippen molar-refractivity contribution >= 4 is 28.3 Å². The van der Waals surface area contributed by atoms with E-state index in [1.165, 1.54) is 5.56 Å². The Labute approximate surface area is 145 Å². The zero-order chi connectivity index (χ0) is 16.9. The zero-order valence-electron chi connectivity index (χ0n) is 13.9. The first kappa shape index (κ1) is 16.4. The monoisotopic (exact) mass is 341 g/mol. The van der Waals surface area contributed by atoms with E-state index in [4.69, 9.17) is 9.47 Å². The molecule has 0 unspecified atom stereocenters. The molecule has 0 fully saturated rings. The Morgan fingerprint density at radius 1 is 1.04 bits per heavy atom. The van der Waals surface area contributed by atoms with E-state index in [-0.39, 0.29) is 0 Å². The Morgan fingerprint density at radius 3 is 2.42 bits per heavy atom. The Morgan fingerprint density at radius 2 is 1.79 bits per heavy atom. The Bertz CT molecular complexity index is 785. The summed E-state index contributed by atoms with van der Waals surface area (Å²) in [6.45, 7) is 2.06. The molecule has 0 spiro atoms. The fourth-order valence-electron chi connectivity index (χ4n) is 2.27. The minimum absolute atomic E-state index is 0.696. The summed E-state index contributed by atoms with van der Waals surface area (Å²) in [5, 5.41) is 5.24. The van der Waals surface area contributed by atoms with Gasteiger partial charge in [0.25, 0.3) is 0 Å². The smallest absolute Gasteiger partial charge is 0.182 e. The number of benzene rings is 2. The summed E-state index contributed by atoms with van der Waals surface area (Å²) >= 11 is 1.62. The number of nitrogens with zero attached hydrogens (tertiary/aromatic N) is 2. The first-order valence-corrected chi connectivity index (χ1v) is 8.51. The highest BCUT2D eigenvalue weighted by atomic mass is 32.2. The SMILES string of the molecule is COc1ccc(C2=NNC(=Nc3ccc(C)cc3)SC2)cc1OC. The number of aryl methyl sites for hydroxylation is 1. The third-order valence-electron chi connectivity index (χ3n) is 3.61. The van der Waals surface area contributed by atoms with Gasteiger partial charge in [0.2, 0.25) is 0 Å². The van der Waals surface area contributed by atoms with Crippen molar-refractivity contribution in [2.24, 2.45) is 10.1 Å². The van der Waals surface area contributed by atoms with Crippen molar-refractivity contribution in [1.29, 1.82) is 0 Å². The molecule has 0 saturated carbocycles. The lowest BCUT2D eigenvalue weighted by Gasteiger charge is -2.16. The molecule has 0 saturated heterocycles. The van der Waals surface area contributed by atoms with Crippen molar-refractivity contribution < 1.29 is 9.47 Å². The molecule has 124 valence electrons. The molecule has 0 amide bonds. The molecule has 0 atom stereocenters. The van der Waals surface area contributed by atoms with Crippen LogP contribution in [0.25, 0.3) is 0 Å². The molecule has 0 bridgehead atoms. The summed E-state index contributed by atoms with van der Waals surface area (Å²) < 4.78 is 10.6. The van der Waals surface area contributed by atoms with Crippen LogP contribution in [0, 0.1) is 6.92 Å². The molecule has 0 aromatic heterocycles. The molecule has 2 aromatic rings. The van der Waals surface area contributed by atoms with Crippen molar-refractivity contribution in [2.45, 2.75) is 6.92 Å². The molecule has 6 heteroatoms. The van der Waals surface area contributed by atoms with Gasteiger partial charge in [0, 0.05) is 11.3 Å². The van der Waals surface area contributed by atoms with Gasteiger partial charge in [-0.15, -0.1) is 0 Å². The largest absolute Gasteiger partial charge is 0.493 e. The first-order chi connectivity index (χ1) is 11.7. The highest BCUT2D eigenvalue weighted by Crippen LogP contribution is 2.29. The normalized spacial score (nSPS) is 15.6. The van der Waals surface area contributed by atoms with Gasteiger partial charge in [-0.05, 0) is 37.3 Å². The van der Waals surface area contributed by atoms with E-state index >= 15 is 0 Å². The van der Waals surface area contributed by atoms with Gasteiger partial charge in [-0.2, -0.15) is 5.10 Å². The first-order valence-electron chi connectivity index (χ1n) is 7.52. The second-order valence-corrected chi connectivity index (χ2v) is 6.25. The minimum Gasteiger partial charge on any atom is -0.493 e. The maximum Gasteiger partial charge on any atom is 0.182 e. The van der Waals surface area contributed by atoms with E-state index in [0.29, 0.717) is 11.5 Å². The number of aliphatic imine (C=N–C) groups is 1. The molecule has 1 heterocycles. The number of hydrogen-bond acceptors (Lipinski definition) is 5. The van der Waals surface area contributed by atoms with E-state index in [2.05, 4.69) is 22.4 Å². The molecule has 5 nitrogen and oxygen atoms in total. The van der Waals surface area contributed by atoms with Gasteiger partial charge in [0.1, 0.15) is 0 Å². The number of hydrogen-bond donors (Lipinski definition) is 1. The second kappa shape index (κ2) is 7.40. The van der Waals surface area contributed by atoms with E-state index < -0.39 is 0 Å². The lowest BCUT2D eigenvalue weighted by Crippen LogP contribution is -2.25. The molecule has 1 aliphatic rings. The highest BCUT2D eigenvalue weighted by molar-refractivity contribution is 8.14. The van der Waals surface area contributed by atoms with Gasteiger partial charge in [-0.1, -0.05) is 29.5 Å². The lowest BCUT2D eigenvalue weighted by atomic mass is 10.1. The van der Waals surface area contributed by atoms with E-state index in [1.807, 2.05) is 42.5 Å². The van der Waals surface area contributed by atoms with E-state index in [0.717, 1.165) is 27.9 Å². The number of methoxy groups -OCH3 is 2. The van der Waals surface area contributed by atoms with Crippen molar-refractivity contribution in [3.05, 3.63) is 53.6 Å². The number of hydrazone groups is 1. The van der Waals surface area contributed by atoms with Gasteiger partial charge in [0.15, 0.2) is 16.7 Å². The van der Waals surface area contributed by atoms with Crippen LogP contribution in [-0.4, -0.2) is 30.9 Å². The Balaban J connectivity index is 1.76. The van der Waals surface area contributed by atoms with Crippen LogP contribution in [0.4, 0.5) is 5.69 Å². The van der Waals surface area contributed by atoms with Crippen LogP contribution < -0.4 is 14.9 Å². The van der Waals surface area contributed by atoms with Crippen LogP contribution in [0.1, 0.15) is 11.1 Å². The van der Waals surface area contributed by atoms with Crippen molar-refractivity contribution in [3.63, 3.8) is 0 Å². The molecule has 1 N–H and O–H groups in total. The number of thioether (sulfide) groups is 1. The summed E-state index contributed by atoms with van der Waals surface area (Å²) in [6, 6.07) is 13.9. The van der Waals surface area contributed by atoms with Crippen LogP contribution in [0.3, 0.4) is 0 Å². The van der Waals surface area contributed by atoms with E-state index in [9.17, 15) is 0 Å². The van der Waals surface area contributed by atoms with Gasteiger partial charge in [0.05, 0.1) is 25.6 Å². The van der Waals surface area contributed by atoms with Crippen molar-refractivity contribution in [2.75, 3.05) is 20.0 Å². The standard InChI is InChI=1S/C18H19N3O2S/c1-12-4-7-14(8-5-12)19-18-21-20-15(11-24-18)13-6-9-16(22-2)17(10-13)23-3/h4-10H,11H2,1-3H3,(H,19,21). The molecule has 3 rings (SSSR count). The van der Waals surface area contributed by atoms with Gasteiger partial charge in [-0.3, -0.25) is 5.43 Å². The average Bonchev–Trinajstić information content (AvgIpc) is 2.63.